The number of fused-ring (bicyclic) bond motifs is 1. The van der Waals surface area contributed by atoms with Gasteiger partial charge in [0.15, 0.2) is 0 Å². The number of hydrogen-bond acceptors (Lipinski definition) is 2. The van der Waals surface area contributed by atoms with Crippen LogP contribution in [0.5, 0.6) is 0 Å². The van der Waals surface area contributed by atoms with Crippen LogP contribution in [0.1, 0.15) is 26.3 Å². The van der Waals surface area contributed by atoms with E-state index in [0.29, 0.717) is 12.1 Å². The Labute approximate surface area is 89.9 Å². The fourth-order valence-corrected chi connectivity index (χ4v) is 2.09. The molecule has 3 nitrogen and oxygen atoms in total. The van der Waals surface area contributed by atoms with Gasteiger partial charge in [0.1, 0.15) is 0 Å². The number of hydrogen-bond donors (Lipinski definition) is 1. The maximum Gasteiger partial charge on any atom is 0.232 e. The highest BCUT2D eigenvalue weighted by Crippen LogP contribution is 2.37. The van der Waals surface area contributed by atoms with Gasteiger partial charge in [-0.15, -0.1) is 0 Å². The van der Waals surface area contributed by atoms with Crippen molar-refractivity contribution >= 4 is 17.3 Å². The van der Waals surface area contributed by atoms with E-state index in [0.717, 1.165) is 11.3 Å². The quantitative estimate of drug-likeness (QED) is 0.656. The largest absolute Gasteiger partial charge is 0.398 e. The molecule has 1 heterocycles. The molecule has 0 aliphatic carbocycles. The average Bonchev–Trinajstić information content (AvgIpc) is 2.41. The number of nitrogen functional groups attached to an aromatic ring is 1. The molecule has 0 aromatic heterocycles. The van der Waals surface area contributed by atoms with Crippen molar-refractivity contribution in [2.75, 3.05) is 10.6 Å². The lowest BCUT2D eigenvalue weighted by molar-refractivity contribution is -0.118. The second kappa shape index (κ2) is 2.99. The Hall–Kier alpha value is -1.51. The van der Waals surface area contributed by atoms with Crippen molar-refractivity contribution in [3.8, 4) is 0 Å². The number of nitrogens with two attached hydrogens (primary N) is 1. The van der Waals surface area contributed by atoms with Gasteiger partial charge in [0, 0.05) is 22.5 Å². The topological polar surface area (TPSA) is 46.3 Å². The smallest absolute Gasteiger partial charge is 0.232 e. The van der Waals surface area contributed by atoms with E-state index in [-0.39, 0.29) is 11.4 Å². The molecule has 0 saturated carbocycles. The molecular weight excluding hydrogens is 188 g/mol. The lowest BCUT2D eigenvalue weighted by Crippen LogP contribution is -2.43. The molecule has 2 N–H and O–H groups in total. The average molecular weight is 204 g/mol. The zero-order valence-electron chi connectivity index (χ0n) is 9.37. The first-order chi connectivity index (χ1) is 6.91. The van der Waals surface area contributed by atoms with Crippen LogP contribution in [0, 0.1) is 0 Å². The van der Waals surface area contributed by atoms with Gasteiger partial charge < -0.3 is 10.6 Å². The van der Waals surface area contributed by atoms with Crippen molar-refractivity contribution in [1.82, 2.24) is 0 Å². The molecule has 0 radical (unpaired) electrons. The van der Waals surface area contributed by atoms with Gasteiger partial charge in [0.05, 0.1) is 6.42 Å². The summed E-state index contributed by atoms with van der Waals surface area (Å²) in [5.41, 5.74) is 8.33. The van der Waals surface area contributed by atoms with E-state index in [1.165, 1.54) is 0 Å². The lowest BCUT2D eigenvalue weighted by atomic mass is 10.1. The predicted octanol–water partition coefficient (Wildman–Crippen LogP) is 1.96. The number of carbonyl (C=O) groups is 1. The van der Waals surface area contributed by atoms with Crippen LogP contribution < -0.4 is 10.6 Å². The van der Waals surface area contributed by atoms with Crippen LogP contribution in [0.25, 0.3) is 0 Å². The summed E-state index contributed by atoms with van der Waals surface area (Å²) in [6, 6.07) is 5.70. The molecule has 1 aliphatic rings. The molecule has 0 spiro atoms. The van der Waals surface area contributed by atoms with Crippen LogP contribution in [-0.4, -0.2) is 11.4 Å². The Morgan fingerprint density at radius 1 is 1.33 bits per heavy atom. The normalized spacial score (nSPS) is 15.7. The summed E-state index contributed by atoms with van der Waals surface area (Å²) < 4.78 is 0. The van der Waals surface area contributed by atoms with E-state index in [9.17, 15) is 4.79 Å². The SMILES string of the molecule is CC(C)(C)N1C(=O)Cc2c(N)cccc21. The highest BCUT2D eigenvalue weighted by molar-refractivity contribution is 6.04. The Balaban J connectivity index is 2.56. The highest BCUT2D eigenvalue weighted by Gasteiger charge is 2.35. The Morgan fingerprint density at radius 3 is 2.60 bits per heavy atom. The number of carbonyl (C=O) groups excluding carboxylic acids is 1. The molecular formula is C12H16N2O. The van der Waals surface area contributed by atoms with Crippen LogP contribution in [-0.2, 0) is 11.2 Å². The first kappa shape index (κ1) is 10.0. The fourth-order valence-electron chi connectivity index (χ4n) is 2.09. The molecule has 80 valence electrons. The first-order valence-electron chi connectivity index (χ1n) is 5.11. The van der Waals surface area contributed by atoms with E-state index in [1.807, 2.05) is 43.9 Å². The fraction of sp³-hybridized carbons (Fsp3) is 0.417. The standard InChI is InChI=1S/C12H16N2O/c1-12(2,3)14-10-6-4-5-9(13)8(10)7-11(14)15/h4-6H,7,13H2,1-3H3. The van der Waals surface area contributed by atoms with Gasteiger partial charge in [-0.2, -0.15) is 0 Å². The Morgan fingerprint density at radius 2 is 2.00 bits per heavy atom. The summed E-state index contributed by atoms with van der Waals surface area (Å²) in [6.45, 7) is 6.09. The van der Waals surface area contributed by atoms with Gasteiger partial charge in [0.2, 0.25) is 5.91 Å². The van der Waals surface area contributed by atoms with E-state index >= 15 is 0 Å². The number of nitrogens with zero attached hydrogens (tertiary/aromatic N) is 1. The monoisotopic (exact) mass is 204 g/mol. The number of benzene rings is 1. The highest BCUT2D eigenvalue weighted by atomic mass is 16.2. The summed E-state index contributed by atoms with van der Waals surface area (Å²) in [5, 5.41) is 0. The summed E-state index contributed by atoms with van der Waals surface area (Å²) >= 11 is 0. The molecule has 0 fully saturated rings. The molecule has 0 atom stereocenters. The van der Waals surface area contributed by atoms with Crippen LogP contribution in [0.4, 0.5) is 11.4 Å². The van der Waals surface area contributed by atoms with Gasteiger partial charge in [0.25, 0.3) is 0 Å². The van der Waals surface area contributed by atoms with Gasteiger partial charge in [-0.3, -0.25) is 4.79 Å². The van der Waals surface area contributed by atoms with Crippen molar-refractivity contribution in [3.05, 3.63) is 23.8 Å². The van der Waals surface area contributed by atoms with Crippen LogP contribution >= 0.6 is 0 Å². The Kier molecular flexibility index (Phi) is 2.00. The molecule has 2 rings (SSSR count). The summed E-state index contributed by atoms with van der Waals surface area (Å²) in [7, 11) is 0. The zero-order chi connectivity index (χ0) is 11.2. The van der Waals surface area contributed by atoms with Gasteiger partial charge >= 0.3 is 0 Å². The van der Waals surface area contributed by atoms with E-state index in [1.54, 1.807) is 0 Å². The maximum atomic E-state index is 11.9. The lowest BCUT2D eigenvalue weighted by Gasteiger charge is -2.32. The Bertz CT molecular complexity index is 418. The molecule has 1 aliphatic heterocycles. The van der Waals surface area contributed by atoms with Crippen molar-refractivity contribution in [2.24, 2.45) is 0 Å². The van der Waals surface area contributed by atoms with Gasteiger partial charge in [-0.25, -0.2) is 0 Å². The summed E-state index contributed by atoms with van der Waals surface area (Å²) in [5.74, 6) is 0.135. The van der Waals surface area contributed by atoms with Crippen molar-refractivity contribution in [3.63, 3.8) is 0 Å². The summed E-state index contributed by atoms with van der Waals surface area (Å²) in [6.07, 6.45) is 0.430. The minimum absolute atomic E-state index is 0.135. The van der Waals surface area contributed by atoms with E-state index in [4.69, 9.17) is 5.73 Å². The molecule has 1 aromatic rings. The minimum Gasteiger partial charge on any atom is -0.398 e. The van der Waals surface area contributed by atoms with Gasteiger partial charge in [-0.1, -0.05) is 6.07 Å². The molecule has 0 unspecified atom stereocenters. The van der Waals surface area contributed by atoms with Crippen molar-refractivity contribution < 1.29 is 4.79 Å². The third-order valence-corrected chi connectivity index (χ3v) is 2.68. The molecule has 0 saturated heterocycles. The number of amides is 1. The van der Waals surface area contributed by atoms with E-state index < -0.39 is 0 Å². The molecule has 15 heavy (non-hydrogen) atoms. The zero-order valence-corrected chi connectivity index (χ0v) is 9.37. The molecule has 0 bridgehead atoms. The van der Waals surface area contributed by atoms with Crippen LogP contribution in [0.15, 0.2) is 18.2 Å². The maximum absolute atomic E-state index is 11.9. The predicted molar refractivity (Wildman–Crippen MR) is 61.8 cm³/mol. The third-order valence-electron chi connectivity index (χ3n) is 2.68. The number of anilines is 2. The van der Waals surface area contributed by atoms with E-state index in [2.05, 4.69) is 0 Å². The minimum atomic E-state index is -0.184. The summed E-state index contributed by atoms with van der Waals surface area (Å²) in [4.78, 5) is 13.7. The first-order valence-corrected chi connectivity index (χ1v) is 5.11. The molecule has 1 amide bonds. The van der Waals surface area contributed by atoms with Crippen LogP contribution in [0.2, 0.25) is 0 Å². The number of rotatable bonds is 0. The molecule has 3 heteroatoms. The van der Waals surface area contributed by atoms with Crippen molar-refractivity contribution in [1.29, 1.82) is 0 Å². The van der Waals surface area contributed by atoms with Gasteiger partial charge in [-0.05, 0) is 32.9 Å². The second-order valence-electron chi connectivity index (χ2n) is 4.92. The second-order valence-corrected chi connectivity index (χ2v) is 4.92. The third kappa shape index (κ3) is 1.48. The van der Waals surface area contributed by atoms with Crippen molar-refractivity contribution in [2.45, 2.75) is 32.7 Å². The molecule has 1 aromatic carbocycles. The van der Waals surface area contributed by atoms with Crippen LogP contribution in [0.3, 0.4) is 0 Å².